The van der Waals surface area contributed by atoms with Gasteiger partial charge in [-0.3, -0.25) is 0 Å². The number of thiocarbonyl (C=S) groups is 1. The van der Waals surface area contributed by atoms with Gasteiger partial charge in [0, 0.05) is 23.6 Å². The Balaban J connectivity index is 2.16. The molecular formula is C15H19N5O2S2. The van der Waals surface area contributed by atoms with Crippen molar-refractivity contribution in [1.29, 1.82) is 0 Å². The zero-order chi connectivity index (χ0) is 17.7. The van der Waals surface area contributed by atoms with Gasteiger partial charge in [-0.25, -0.2) is 23.1 Å². The van der Waals surface area contributed by atoms with E-state index in [0.29, 0.717) is 28.7 Å². The lowest BCUT2D eigenvalue weighted by Gasteiger charge is -2.10. The molecule has 0 bridgehead atoms. The lowest BCUT2D eigenvalue weighted by molar-refractivity contribution is 0.601. The van der Waals surface area contributed by atoms with Gasteiger partial charge in [0.15, 0.2) is 5.11 Å². The van der Waals surface area contributed by atoms with Crippen molar-refractivity contribution < 1.29 is 8.42 Å². The summed E-state index contributed by atoms with van der Waals surface area (Å²) in [4.78, 5) is 8.28. The van der Waals surface area contributed by atoms with Gasteiger partial charge in [0.25, 0.3) is 10.0 Å². The average Bonchev–Trinajstić information content (AvgIpc) is 2.46. The van der Waals surface area contributed by atoms with E-state index in [2.05, 4.69) is 25.3 Å². The van der Waals surface area contributed by atoms with Crippen molar-refractivity contribution in [3.05, 3.63) is 41.7 Å². The van der Waals surface area contributed by atoms with Gasteiger partial charge in [0.1, 0.15) is 0 Å². The summed E-state index contributed by atoms with van der Waals surface area (Å²) >= 11 is 5.08. The molecule has 0 radical (unpaired) electrons. The molecule has 1 aromatic carbocycles. The third-order valence-electron chi connectivity index (χ3n) is 2.97. The fourth-order valence-electron chi connectivity index (χ4n) is 2.00. The smallest absolute Gasteiger partial charge is 0.264 e. The van der Waals surface area contributed by atoms with Gasteiger partial charge in [-0.1, -0.05) is 0 Å². The van der Waals surface area contributed by atoms with Gasteiger partial charge in [-0.05, 0) is 63.3 Å². The fraction of sp³-hybridized carbons (Fsp3) is 0.267. The van der Waals surface area contributed by atoms with E-state index >= 15 is 0 Å². The molecule has 0 unspecified atom stereocenters. The van der Waals surface area contributed by atoms with E-state index in [0.717, 1.165) is 0 Å². The molecule has 0 aliphatic rings. The van der Waals surface area contributed by atoms with Crippen LogP contribution in [0.1, 0.15) is 18.3 Å². The number of rotatable bonds is 5. The van der Waals surface area contributed by atoms with Gasteiger partial charge < -0.3 is 10.6 Å². The minimum atomic E-state index is -3.75. The molecule has 0 amide bonds. The predicted octanol–water partition coefficient (Wildman–Crippen LogP) is 2.20. The topological polar surface area (TPSA) is 96.0 Å². The first-order valence-electron chi connectivity index (χ1n) is 7.30. The standard InChI is InChI=1S/C15H19N5O2S2/c1-4-16-15(23)19-12-5-7-13(8-6-12)24(21,22)20-14-17-10(2)9-11(3)18-14/h5-9H,4H2,1-3H3,(H2,16,19,23)(H,17,18,20). The third kappa shape index (κ3) is 4.87. The number of benzene rings is 1. The summed E-state index contributed by atoms with van der Waals surface area (Å²) in [5, 5.41) is 6.40. The van der Waals surface area contributed by atoms with Gasteiger partial charge >= 0.3 is 0 Å². The Labute approximate surface area is 147 Å². The van der Waals surface area contributed by atoms with E-state index in [1.165, 1.54) is 12.1 Å². The van der Waals surface area contributed by atoms with Gasteiger partial charge in [-0.2, -0.15) is 0 Å². The zero-order valence-corrected chi connectivity index (χ0v) is 15.3. The second-order valence-corrected chi connectivity index (χ2v) is 7.18. The maximum absolute atomic E-state index is 12.4. The van der Waals surface area contributed by atoms with Crippen molar-refractivity contribution in [2.45, 2.75) is 25.7 Å². The monoisotopic (exact) mass is 365 g/mol. The second kappa shape index (κ2) is 7.54. The van der Waals surface area contributed by atoms with E-state index in [4.69, 9.17) is 12.2 Å². The Morgan fingerprint density at radius 2 is 1.71 bits per heavy atom. The molecule has 2 aromatic rings. The van der Waals surface area contributed by atoms with E-state index in [1.807, 2.05) is 6.92 Å². The number of anilines is 2. The first kappa shape index (κ1) is 18.1. The Hall–Kier alpha value is -2.26. The van der Waals surface area contributed by atoms with E-state index in [-0.39, 0.29) is 10.8 Å². The van der Waals surface area contributed by atoms with Crippen molar-refractivity contribution in [3.63, 3.8) is 0 Å². The number of aryl methyl sites for hydroxylation is 2. The molecule has 0 aliphatic carbocycles. The zero-order valence-electron chi connectivity index (χ0n) is 13.6. The van der Waals surface area contributed by atoms with E-state index in [9.17, 15) is 8.42 Å². The SMILES string of the molecule is CCNC(=S)Nc1ccc(S(=O)(=O)Nc2nc(C)cc(C)n2)cc1. The Morgan fingerprint density at radius 3 is 2.25 bits per heavy atom. The summed E-state index contributed by atoms with van der Waals surface area (Å²) in [7, 11) is -3.75. The quantitative estimate of drug-likeness (QED) is 0.699. The summed E-state index contributed by atoms with van der Waals surface area (Å²) in [5.74, 6) is 0.0584. The summed E-state index contributed by atoms with van der Waals surface area (Å²) < 4.78 is 27.2. The van der Waals surface area contributed by atoms with Crippen molar-refractivity contribution >= 4 is 39.0 Å². The molecule has 1 aromatic heterocycles. The van der Waals surface area contributed by atoms with Crippen LogP contribution in [0, 0.1) is 13.8 Å². The number of hydrogen-bond acceptors (Lipinski definition) is 5. The largest absolute Gasteiger partial charge is 0.363 e. The van der Waals surface area contributed by atoms with Crippen LogP contribution in [0.4, 0.5) is 11.6 Å². The molecule has 0 saturated heterocycles. The van der Waals surface area contributed by atoms with Crippen LogP contribution in [0.15, 0.2) is 35.2 Å². The van der Waals surface area contributed by atoms with Gasteiger partial charge in [0.05, 0.1) is 4.90 Å². The maximum Gasteiger partial charge on any atom is 0.264 e. The van der Waals surface area contributed by atoms with Crippen LogP contribution in [0.5, 0.6) is 0 Å². The lowest BCUT2D eigenvalue weighted by atomic mass is 10.3. The second-order valence-electron chi connectivity index (χ2n) is 5.09. The third-order valence-corrected chi connectivity index (χ3v) is 4.56. The molecule has 0 saturated carbocycles. The predicted molar refractivity (Wildman–Crippen MR) is 98.7 cm³/mol. The molecule has 128 valence electrons. The number of hydrogen-bond donors (Lipinski definition) is 3. The van der Waals surface area contributed by atoms with Gasteiger partial charge in [0.2, 0.25) is 5.95 Å². The van der Waals surface area contributed by atoms with E-state index < -0.39 is 10.0 Å². The summed E-state index contributed by atoms with van der Waals surface area (Å²) in [5.41, 5.74) is 2.08. The van der Waals surface area contributed by atoms with Crippen molar-refractivity contribution in [2.24, 2.45) is 0 Å². The van der Waals surface area contributed by atoms with Crippen LogP contribution in [-0.2, 0) is 10.0 Å². The number of nitrogens with one attached hydrogen (secondary N) is 3. The first-order valence-corrected chi connectivity index (χ1v) is 9.19. The lowest BCUT2D eigenvalue weighted by Crippen LogP contribution is -2.27. The van der Waals surface area contributed by atoms with Crippen LogP contribution in [0.25, 0.3) is 0 Å². The molecule has 2 rings (SSSR count). The first-order chi connectivity index (χ1) is 11.3. The molecule has 9 heteroatoms. The van der Waals surface area contributed by atoms with Crippen LogP contribution in [0.3, 0.4) is 0 Å². The van der Waals surface area contributed by atoms with Crippen molar-refractivity contribution in [3.8, 4) is 0 Å². The minimum Gasteiger partial charge on any atom is -0.363 e. The molecule has 24 heavy (non-hydrogen) atoms. The van der Waals surface area contributed by atoms with Crippen LogP contribution in [-0.4, -0.2) is 30.0 Å². The van der Waals surface area contributed by atoms with E-state index in [1.54, 1.807) is 32.0 Å². The fourth-order valence-corrected chi connectivity index (χ4v) is 3.21. The average molecular weight is 365 g/mol. The summed E-state index contributed by atoms with van der Waals surface area (Å²) in [6, 6.07) is 8.02. The van der Waals surface area contributed by atoms with Crippen LogP contribution < -0.4 is 15.4 Å². The summed E-state index contributed by atoms with van der Waals surface area (Å²) in [6.45, 7) is 6.20. The van der Waals surface area contributed by atoms with Crippen LogP contribution >= 0.6 is 12.2 Å². The normalized spacial score (nSPS) is 11.0. The highest BCUT2D eigenvalue weighted by atomic mass is 32.2. The molecule has 0 spiro atoms. The summed E-state index contributed by atoms with van der Waals surface area (Å²) in [6.07, 6.45) is 0. The molecule has 1 heterocycles. The minimum absolute atomic E-state index is 0.0584. The molecule has 0 aliphatic heterocycles. The van der Waals surface area contributed by atoms with Crippen LogP contribution in [0.2, 0.25) is 0 Å². The Bertz CT molecular complexity index is 815. The highest BCUT2D eigenvalue weighted by Gasteiger charge is 2.16. The molecular weight excluding hydrogens is 346 g/mol. The molecule has 7 nitrogen and oxygen atoms in total. The number of aromatic nitrogens is 2. The van der Waals surface area contributed by atoms with Crippen molar-refractivity contribution in [1.82, 2.24) is 15.3 Å². The highest BCUT2D eigenvalue weighted by Crippen LogP contribution is 2.17. The maximum atomic E-state index is 12.4. The Morgan fingerprint density at radius 1 is 1.12 bits per heavy atom. The molecule has 0 fully saturated rings. The number of nitrogens with zero attached hydrogens (tertiary/aromatic N) is 2. The van der Waals surface area contributed by atoms with Crippen molar-refractivity contribution in [2.75, 3.05) is 16.6 Å². The Kier molecular flexibility index (Phi) is 5.68. The number of sulfonamides is 1. The molecule has 0 atom stereocenters. The molecule has 3 N–H and O–H groups in total. The highest BCUT2D eigenvalue weighted by molar-refractivity contribution is 7.92. The van der Waals surface area contributed by atoms with Gasteiger partial charge in [-0.15, -0.1) is 0 Å².